The van der Waals surface area contributed by atoms with Crippen LogP contribution < -0.4 is 15.5 Å². The highest BCUT2D eigenvalue weighted by Crippen LogP contribution is 2.16. The van der Waals surface area contributed by atoms with Crippen LogP contribution in [0.3, 0.4) is 0 Å². The van der Waals surface area contributed by atoms with Crippen LogP contribution in [-0.2, 0) is 20.8 Å². The van der Waals surface area contributed by atoms with Crippen LogP contribution in [0.2, 0.25) is 0 Å². The van der Waals surface area contributed by atoms with Crippen LogP contribution in [0.25, 0.3) is 0 Å². The normalized spacial score (nSPS) is 18.0. The lowest BCUT2D eigenvalue weighted by atomic mass is 10.0. The van der Waals surface area contributed by atoms with Crippen molar-refractivity contribution in [2.24, 2.45) is 10.9 Å². The van der Waals surface area contributed by atoms with Gasteiger partial charge in [0, 0.05) is 65.3 Å². The molecule has 0 unspecified atom stereocenters. The highest BCUT2D eigenvalue weighted by atomic mass is 127. The van der Waals surface area contributed by atoms with Gasteiger partial charge in [0.2, 0.25) is 0 Å². The molecule has 170 valence electrons. The van der Waals surface area contributed by atoms with E-state index in [1.165, 1.54) is 11.3 Å². The number of nitrogens with one attached hydrogen (secondary N) is 2. The molecular formula is C22H37IN4O3. The summed E-state index contributed by atoms with van der Waals surface area (Å²) in [5.41, 5.74) is 2.50. The number of benzene rings is 1. The van der Waals surface area contributed by atoms with Crippen molar-refractivity contribution in [3.8, 4) is 0 Å². The number of ether oxygens (including phenoxy) is 3. The molecule has 8 heteroatoms. The van der Waals surface area contributed by atoms with Crippen LogP contribution in [-0.4, -0.2) is 72.3 Å². The molecule has 7 nitrogen and oxygen atoms in total. The van der Waals surface area contributed by atoms with Gasteiger partial charge in [-0.25, -0.2) is 0 Å². The molecule has 0 bridgehead atoms. The molecule has 0 atom stereocenters. The predicted molar refractivity (Wildman–Crippen MR) is 132 cm³/mol. The highest BCUT2D eigenvalue weighted by molar-refractivity contribution is 14.0. The minimum Gasteiger partial charge on any atom is -0.381 e. The second-order valence-electron chi connectivity index (χ2n) is 7.60. The van der Waals surface area contributed by atoms with Crippen molar-refractivity contribution in [1.82, 2.24) is 10.6 Å². The average molecular weight is 532 g/mol. The summed E-state index contributed by atoms with van der Waals surface area (Å²) in [6.45, 7) is 8.56. The molecule has 0 radical (unpaired) electrons. The molecule has 2 fully saturated rings. The number of halogens is 1. The molecule has 2 saturated heterocycles. The summed E-state index contributed by atoms with van der Waals surface area (Å²) >= 11 is 0. The van der Waals surface area contributed by atoms with Gasteiger partial charge in [-0.3, -0.25) is 4.99 Å². The minimum absolute atomic E-state index is 0. The molecule has 1 aromatic carbocycles. The second kappa shape index (κ2) is 14.8. The van der Waals surface area contributed by atoms with Crippen LogP contribution in [0.5, 0.6) is 0 Å². The van der Waals surface area contributed by atoms with Gasteiger partial charge in [0.15, 0.2) is 5.96 Å². The van der Waals surface area contributed by atoms with E-state index in [1.807, 2.05) is 0 Å². The van der Waals surface area contributed by atoms with Gasteiger partial charge >= 0.3 is 0 Å². The maximum atomic E-state index is 5.81. The third-order valence-electron chi connectivity index (χ3n) is 5.45. The summed E-state index contributed by atoms with van der Waals surface area (Å²) in [5, 5.41) is 6.74. The van der Waals surface area contributed by atoms with E-state index in [9.17, 15) is 0 Å². The summed E-state index contributed by atoms with van der Waals surface area (Å²) in [5.74, 6) is 1.49. The molecule has 1 aromatic rings. The maximum absolute atomic E-state index is 5.81. The van der Waals surface area contributed by atoms with Crippen LogP contribution >= 0.6 is 24.0 Å². The molecule has 2 aliphatic rings. The van der Waals surface area contributed by atoms with Crippen molar-refractivity contribution < 1.29 is 14.2 Å². The number of hydrogen-bond acceptors (Lipinski definition) is 5. The minimum atomic E-state index is 0. The number of nitrogens with zero attached hydrogens (tertiary/aromatic N) is 2. The van der Waals surface area contributed by atoms with E-state index in [4.69, 9.17) is 14.2 Å². The van der Waals surface area contributed by atoms with E-state index in [2.05, 4.69) is 44.8 Å². The number of hydrogen-bond donors (Lipinski definition) is 2. The summed E-state index contributed by atoms with van der Waals surface area (Å²) < 4.78 is 16.6. The number of rotatable bonds is 9. The fourth-order valence-electron chi connectivity index (χ4n) is 3.60. The Labute approximate surface area is 197 Å². The molecule has 2 aliphatic heterocycles. The van der Waals surface area contributed by atoms with Gasteiger partial charge in [-0.05, 0) is 42.9 Å². The Kier molecular flexibility index (Phi) is 12.4. The molecule has 0 spiro atoms. The van der Waals surface area contributed by atoms with Crippen LogP contribution in [0.15, 0.2) is 29.3 Å². The maximum Gasteiger partial charge on any atom is 0.191 e. The van der Waals surface area contributed by atoms with Crippen LogP contribution in [0.4, 0.5) is 5.69 Å². The van der Waals surface area contributed by atoms with Crippen molar-refractivity contribution in [2.45, 2.75) is 25.8 Å². The number of aliphatic imine (C=N–C) groups is 1. The lowest BCUT2D eigenvalue weighted by Gasteiger charge is -2.28. The zero-order chi connectivity index (χ0) is 20.2. The Bertz CT molecular complexity index is 603. The summed E-state index contributed by atoms with van der Waals surface area (Å²) in [6, 6.07) is 8.73. The van der Waals surface area contributed by atoms with Gasteiger partial charge in [-0.15, -0.1) is 24.0 Å². The fourth-order valence-corrected chi connectivity index (χ4v) is 3.60. The monoisotopic (exact) mass is 532 g/mol. The molecule has 0 aromatic heterocycles. The van der Waals surface area contributed by atoms with Gasteiger partial charge < -0.3 is 29.7 Å². The Morgan fingerprint density at radius 3 is 2.47 bits per heavy atom. The predicted octanol–water partition coefficient (Wildman–Crippen LogP) is 2.64. The van der Waals surface area contributed by atoms with E-state index in [0.717, 1.165) is 91.0 Å². The van der Waals surface area contributed by atoms with Crippen molar-refractivity contribution in [1.29, 1.82) is 0 Å². The van der Waals surface area contributed by atoms with Gasteiger partial charge in [0.25, 0.3) is 0 Å². The first-order chi connectivity index (χ1) is 14.3. The van der Waals surface area contributed by atoms with Crippen molar-refractivity contribution in [3.05, 3.63) is 29.8 Å². The van der Waals surface area contributed by atoms with Gasteiger partial charge in [0.1, 0.15) is 0 Å². The summed E-state index contributed by atoms with van der Waals surface area (Å²) in [6.07, 6.45) is 3.22. The molecule has 0 amide bonds. The van der Waals surface area contributed by atoms with E-state index >= 15 is 0 Å². The standard InChI is InChI=1S/C22H36N4O3.HI/c1-23-22(24-9-2-12-29-18-20-7-13-27-14-8-20)25-17-19-3-5-21(6-4-19)26-10-15-28-16-11-26;/h3-6,20H,2,7-18H2,1H3,(H2,23,24,25);1H. The van der Waals surface area contributed by atoms with Gasteiger partial charge in [-0.1, -0.05) is 12.1 Å². The largest absolute Gasteiger partial charge is 0.381 e. The van der Waals surface area contributed by atoms with Crippen LogP contribution in [0, 0.1) is 5.92 Å². The first-order valence-corrected chi connectivity index (χ1v) is 10.9. The summed E-state index contributed by atoms with van der Waals surface area (Å²) in [7, 11) is 1.80. The molecule has 0 saturated carbocycles. The van der Waals surface area contributed by atoms with Crippen molar-refractivity contribution >= 4 is 35.6 Å². The Morgan fingerprint density at radius 2 is 1.77 bits per heavy atom. The molecule has 2 N–H and O–H groups in total. The lowest BCUT2D eigenvalue weighted by Crippen LogP contribution is -2.37. The van der Waals surface area contributed by atoms with E-state index in [0.29, 0.717) is 5.92 Å². The average Bonchev–Trinajstić information content (AvgIpc) is 2.80. The third kappa shape index (κ3) is 8.95. The molecule has 3 rings (SSSR count). The smallest absolute Gasteiger partial charge is 0.191 e. The summed E-state index contributed by atoms with van der Waals surface area (Å²) in [4.78, 5) is 6.67. The zero-order valence-electron chi connectivity index (χ0n) is 18.1. The van der Waals surface area contributed by atoms with Crippen molar-refractivity contribution in [2.75, 3.05) is 71.2 Å². The first-order valence-electron chi connectivity index (χ1n) is 10.9. The topological polar surface area (TPSA) is 67.4 Å². The Balaban J connectivity index is 0.00000320. The van der Waals surface area contributed by atoms with Gasteiger partial charge in [-0.2, -0.15) is 0 Å². The Hall–Kier alpha value is -1.10. The molecular weight excluding hydrogens is 495 g/mol. The molecule has 0 aliphatic carbocycles. The lowest BCUT2D eigenvalue weighted by molar-refractivity contribution is 0.0203. The zero-order valence-corrected chi connectivity index (χ0v) is 20.4. The first kappa shape index (κ1) is 25.2. The quantitative estimate of drug-likeness (QED) is 0.221. The third-order valence-corrected chi connectivity index (χ3v) is 5.45. The molecule has 30 heavy (non-hydrogen) atoms. The fraction of sp³-hybridized carbons (Fsp3) is 0.682. The Morgan fingerprint density at radius 1 is 1.07 bits per heavy atom. The second-order valence-corrected chi connectivity index (χ2v) is 7.60. The highest BCUT2D eigenvalue weighted by Gasteiger charge is 2.13. The van der Waals surface area contributed by atoms with E-state index < -0.39 is 0 Å². The number of morpholine rings is 1. The van der Waals surface area contributed by atoms with E-state index in [-0.39, 0.29) is 24.0 Å². The van der Waals surface area contributed by atoms with Crippen LogP contribution in [0.1, 0.15) is 24.8 Å². The SMILES string of the molecule is CN=C(NCCCOCC1CCOCC1)NCc1ccc(N2CCOCC2)cc1.I. The number of anilines is 1. The van der Waals surface area contributed by atoms with E-state index in [1.54, 1.807) is 7.05 Å². The number of guanidine groups is 1. The van der Waals surface area contributed by atoms with Gasteiger partial charge in [0.05, 0.1) is 13.2 Å². The van der Waals surface area contributed by atoms with Crippen molar-refractivity contribution in [3.63, 3.8) is 0 Å². The molecule has 2 heterocycles.